The molecule has 8 heavy (non-hydrogen) atoms. The fourth-order valence-electron chi connectivity index (χ4n) is 0.334. The van der Waals surface area contributed by atoms with Crippen LogP contribution in [0.1, 0.15) is 6.42 Å². The third kappa shape index (κ3) is 6.31. The lowest BCUT2D eigenvalue weighted by atomic mass is 10.5. The Balaban J connectivity index is 2.53. The highest BCUT2D eigenvalue weighted by Crippen LogP contribution is 1.98. The van der Waals surface area contributed by atoms with E-state index in [0.717, 1.165) is 13.0 Å². The molecule has 2 N–H and O–H groups in total. The van der Waals surface area contributed by atoms with Crippen LogP contribution in [0.4, 0.5) is 0 Å². The van der Waals surface area contributed by atoms with Crippen LogP contribution in [0.25, 0.3) is 0 Å². The first-order valence-electron chi connectivity index (χ1n) is 2.48. The van der Waals surface area contributed by atoms with Gasteiger partial charge in [-0.05, 0) is 6.42 Å². The Labute approximate surface area is 51.5 Å². The van der Waals surface area contributed by atoms with Gasteiger partial charge in [0.15, 0.2) is 0 Å². The van der Waals surface area contributed by atoms with Crippen molar-refractivity contribution < 1.29 is 9.26 Å². The van der Waals surface area contributed by atoms with E-state index in [1.54, 1.807) is 7.11 Å². The van der Waals surface area contributed by atoms with E-state index in [9.17, 15) is 0 Å². The number of hydrogen-bond donors (Lipinski definition) is 1. The summed E-state index contributed by atoms with van der Waals surface area (Å²) in [5, 5.41) is 0. The lowest BCUT2D eigenvalue weighted by Crippen LogP contribution is -1.94. The van der Waals surface area contributed by atoms with Crippen LogP contribution in [0, 0.1) is 0 Å². The van der Waals surface area contributed by atoms with Crippen molar-refractivity contribution in [2.75, 3.05) is 20.3 Å². The van der Waals surface area contributed by atoms with E-state index >= 15 is 0 Å². The molecule has 0 fully saturated rings. The molecule has 1 unspecified atom stereocenters. The molecule has 0 aliphatic rings. The van der Waals surface area contributed by atoms with Crippen LogP contribution in [0.15, 0.2) is 0 Å². The molecule has 3 nitrogen and oxygen atoms in total. The second-order valence-corrected chi connectivity index (χ2v) is 1.84. The van der Waals surface area contributed by atoms with E-state index in [0.29, 0.717) is 6.61 Å². The molecule has 0 aliphatic carbocycles. The van der Waals surface area contributed by atoms with Gasteiger partial charge in [0.05, 0.1) is 15.6 Å². The van der Waals surface area contributed by atoms with Gasteiger partial charge in [0.2, 0.25) is 0 Å². The first-order valence-corrected chi connectivity index (χ1v) is 3.46. The Morgan fingerprint density at radius 2 is 2.25 bits per heavy atom. The van der Waals surface area contributed by atoms with E-state index in [-0.39, 0.29) is 8.96 Å². The minimum atomic E-state index is 0.113. The van der Waals surface area contributed by atoms with Crippen molar-refractivity contribution in [3.8, 4) is 0 Å². The second-order valence-electron chi connectivity index (χ2n) is 1.31. The Morgan fingerprint density at radius 1 is 1.50 bits per heavy atom. The number of ether oxygens (including phenoxy) is 1. The predicted octanol–water partition coefficient (Wildman–Crippen LogP) is 0.507. The summed E-state index contributed by atoms with van der Waals surface area (Å²) in [7, 11) is 1.78. The third-order valence-electron chi connectivity index (χ3n) is 0.678. The maximum atomic E-state index is 5.08. The van der Waals surface area contributed by atoms with E-state index < -0.39 is 0 Å². The fraction of sp³-hybridized carbons (Fsp3) is 1.00. The highest BCUT2D eigenvalue weighted by atomic mass is 31.1. The smallest absolute Gasteiger partial charge is 0.0833 e. The van der Waals surface area contributed by atoms with Crippen molar-refractivity contribution in [1.29, 1.82) is 0 Å². The van der Waals surface area contributed by atoms with Crippen molar-refractivity contribution >= 4 is 8.96 Å². The molecule has 0 amide bonds. The van der Waals surface area contributed by atoms with Crippen LogP contribution < -0.4 is 5.50 Å². The minimum absolute atomic E-state index is 0.113. The average Bonchev–Trinajstić information content (AvgIpc) is 1.81. The number of nitrogens with two attached hydrogens (primary N) is 1. The van der Waals surface area contributed by atoms with Gasteiger partial charge >= 0.3 is 0 Å². The monoisotopic (exact) mass is 137 g/mol. The Kier molecular flexibility index (Phi) is 7.59. The molecule has 0 bridgehead atoms. The van der Waals surface area contributed by atoms with Crippen molar-refractivity contribution in [1.82, 2.24) is 0 Å². The van der Waals surface area contributed by atoms with Gasteiger partial charge in [-0.3, -0.25) is 5.50 Å². The van der Waals surface area contributed by atoms with Gasteiger partial charge in [0.25, 0.3) is 0 Å². The van der Waals surface area contributed by atoms with Crippen LogP contribution in [0.5, 0.6) is 0 Å². The van der Waals surface area contributed by atoms with Gasteiger partial charge in [-0.1, -0.05) is 0 Å². The molecule has 0 aromatic carbocycles. The van der Waals surface area contributed by atoms with Gasteiger partial charge in [-0.15, -0.1) is 0 Å². The Morgan fingerprint density at radius 3 is 2.75 bits per heavy atom. The van der Waals surface area contributed by atoms with Crippen molar-refractivity contribution in [3.05, 3.63) is 0 Å². The summed E-state index contributed by atoms with van der Waals surface area (Å²) in [5.74, 6) is 0. The SMILES string of the molecule is COCCCOPN. The molecule has 0 aromatic heterocycles. The quantitative estimate of drug-likeness (QED) is 0.443. The normalized spacial score (nSPS) is 11.2. The van der Waals surface area contributed by atoms with Gasteiger partial charge in [-0.25, -0.2) is 0 Å². The Bertz CT molecular complexity index is 39.0. The van der Waals surface area contributed by atoms with Crippen molar-refractivity contribution in [2.45, 2.75) is 6.42 Å². The first-order chi connectivity index (χ1) is 3.91. The topological polar surface area (TPSA) is 44.5 Å². The van der Waals surface area contributed by atoms with Gasteiger partial charge in [-0.2, -0.15) is 0 Å². The molecular weight excluding hydrogens is 125 g/mol. The maximum absolute atomic E-state index is 5.08. The summed E-state index contributed by atoms with van der Waals surface area (Å²) in [6.45, 7) is 1.47. The van der Waals surface area contributed by atoms with Crippen LogP contribution in [-0.4, -0.2) is 20.3 Å². The average molecular weight is 137 g/mol. The first kappa shape index (κ1) is 8.31. The highest BCUT2D eigenvalue weighted by Gasteiger charge is 1.82. The van der Waals surface area contributed by atoms with Crippen LogP contribution in [-0.2, 0) is 9.26 Å². The zero-order chi connectivity index (χ0) is 6.24. The van der Waals surface area contributed by atoms with Gasteiger partial charge in [0.1, 0.15) is 0 Å². The number of hydrogen-bond acceptors (Lipinski definition) is 3. The molecule has 0 aromatic rings. The van der Waals surface area contributed by atoms with Crippen LogP contribution >= 0.6 is 8.96 Å². The molecule has 50 valence electrons. The van der Waals surface area contributed by atoms with E-state index in [1.807, 2.05) is 0 Å². The standard InChI is InChI=1S/C4H12NO2P/c1-6-3-2-4-7-8-5/h8H,2-5H2,1H3. The van der Waals surface area contributed by atoms with Crippen molar-refractivity contribution in [2.24, 2.45) is 5.50 Å². The van der Waals surface area contributed by atoms with Gasteiger partial charge in [0, 0.05) is 13.7 Å². The summed E-state index contributed by atoms with van der Waals surface area (Å²) >= 11 is 0. The second kappa shape index (κ2) is 7.31. The van der Waals surface area contributed by atoms with E-state index in [1.165, 1.54) is 0 Å². The van der Waals surface area contributed by atoms with Crippen molar-refractivity contribution in [3.63, 3.8) is 0 Å². The maximum Gasteiger partial charge on any atom is 0.0833 e. The predicted molar refractivity (Wildman–Crippen MR) is 34.9 cm³/mol. The zero-order valence-corrected chi connectivity index (χ0v) is 6.02. The molecule has 4 heteroatoms. The van der Waals surface area contributed by atoms with E-state index in [2.05, 4.69) is 0 Å². The molecule has 0 saturated heterocycles. The summed E-state index contributed by atoms with van der Waals surface area (Å²) < 4.78 is 9.63. The van der Waals surface area contributed by atoms with Gasteiger partial charge < -0.3 is 9.26 Å². The van der Waals surface area contributed by atoms with E-state index in [4.69, 9.17) is 14.8 Å². The largest absolute Gasteiger partial charge is 0.385 e. The Hall–Kier alpha value is 0.310. The lowest BCUT2D eigenvalue weighted by Gasteiger charge is -1.97. The molecule has 0 saturated carbocycles. The van der Waals surface area contributed by atoms with Crippen LogP contribution in [0.2, 0.25) is 0 Å². The summed E-state index contributed by atoms with van der Waals surface area (Å²) in [4.78, 5) is 0. The summed E-state index contributed by atoms with van der Waals surface area (Å²) in [5.41, 5.74) is 5.08. The molecule has 0 rings (SSSR count). The number of methoxy groups -OCH3 is 1. The number of rotatable bonds is 5. The zero-order valence-electron chi connectivity index (χ0n) is 5.02. The summed E-state index contributed by atoms with van der Waals surface area (Å²) in [6, 6.07) is 0. The fourth-order valence-corrected chi connectivity index (χ4v) is 0.597. The molecular formula is C4H12NO2P. The minimum Gasteiger partial charge on any atom is -0.385 e. The third-order valence-corrected chi connectivity index (χ3v) is 1.05. The molecule has 0 spiro atoms. The molecule has 0 aliphatic heterocycles. The molecule has 1 atom stereocenters. The molecule has 0 radical (unpaired) electrons. The summed E-state index contributed by atoms with van der Waals surface area (Å²) in [6.07, 6.45) is 0.931. The highest BCUT2D eigenvalue weighted by molar-refractivity contribution is 7.29. The lowest BCUT2D eigenvalue weighted by molar-refractivity contribution is 0.177. The van der Waals surface area contributed by atoms with Crippen LogP contribution in [0.3, 0.4) is 0 Å². The molecule has 0 heterocycles.